The maximum absolute atomic E-state index is 11.2. The van der Waals surface area contributed by atoms with Gasteiger partial charge in [0.1, 0.15) is 11.5 Å². The summed E-state index contributed by atoms with van der Waals surface area (Å²) in [5.41, 5.74) is 5.41. The molecule has 0 saturated carbocycles. The van der Waals surface area contributed by atoms with Gasteiger partial charge in [0.2, 0.25) is 0 Å². The lowest BCUT2D eigenvalue weighted by Gasteiger charge is -2.03. The van der Waals surface area contributed by atoms with E-state index in [0.29, 0.717) is 15.7 Å². The Bertz CT molecular complexity index is 596. The lowest BCUT2D eigenvalue weighted by molar-refractivity contribution is 1.11. The lowest BCUT2D eigenvalue weighted by Crippen LogP contribution is -2.10. The van der Waals surface area contributed by atoms with Crippen molar-refractivity contribution in [2.24, 2.45) is 0 Å². The van der Waals surface area contributed by atoms with E-state index in [2.05, 4.69) is 15.0 Å². The van der Waals surface area contributed by atoms with Crippen molar-refractivity contribution in [3.63, 3.8) is 0 Å². The Hall–Kier alpha value is -1.59. The summed E-state index contributed by atoms with van der Waals surface area (Å²) in [7, 11) is 0. The van der Waals surface area contributed by atoms with Crippen LogP contribution in [0.4, 0.5) is 5.82 Å². The van der Waals surface area contributed by atoms with Gasteiger partial charge < -0.3 is 10.7 Å². The lowest BCUT2D eigenvalue weighted by atomic mass is 10.3. The fourth-order valence-electron chi connectivity index (χ4n) is 1.18. The number of hydrogen-bond acceptors (Lipinski definition) is 4. The maximum Gasteiger partial charge on any atom is 0.253 e. The third-order valence-corrected chi connectivity index (χ3v) is 2.29. The zero-order valence-electron chi connectivity index (χ0n) is 7.87. The maximum atomic E-state index is 11.2. The van der Waals surface area contributed by atoms with Crippen molar-refractivity contribution in [3.8, 4) is 11.5 Å². The summed E-state index contributed by atoms with van der Waals surface area (Å²) >= 11 is 11.6. The molecule has 5 nitrogen and oxygen atoms in total. The number of H-pyrrole nitrogens is 1. The molecule has 0 saturated heterocycles. The third-order valence-electron chi connectivity index (χ3n) is 1.79. The SMILES string of the molecule is Nc1cc(=O)[nH]c(-c2ncc(Cl)cc2Cl)n1. The van der Waals surface area contributed by atoms with Gasteiger partial charge in [-0.05, 0) is 6.07 Å². The Morgan fingerprint density at radius 1 is 1.31 bits per heavy atom. The second-order valence-corrected chi connectivity index (χ2v) is 3.85. The van der Waals surface area contributed by atoms with E-state index in [0.717, 1.165) is 0 Å². The van der Waals surface area contributed by atoms with Crippen LogP contribution in [0.2, 0.25) is 10.0 Å². The number of rotatable bonds is 1. The minimum atomic E-state index is -0.365. The van der Waals surface area contributed by atoms with Gasteiger partial charge in [0.25, 0.3) is 5.56 Å². The molecule has 7 heteroatoms. The number of nitrogens with two attached hydrogens (primary N) is 1. The van der Waals surface area contributed by atoms with Crippen molar-refractivity contribution < 1.29 is 0 Å². The number of pyridine rings is 1. The van der Waals surface area contributed by atoms with Crippen LogP contribution in [-0.4, -0.2) is 15.0 Å². The first-order chi connectivity index (χ1) is 7.56. The van der Waals surface area contributed by atoms with Crippen LogP contribution in [0.3, 0.4) is 0 Å². The number of anilines is 1. The largest absolute Gasteiger partial charge is 0.383 e. The normalized spacial score (nSPS) is 10.4. The van der Waals surface area contributed by atoms with Crippen molar-refractivity contribution in [3.05, 3.63) is 38.7 Å². The van der Waals surface area contributed by atoms with Crippen molar-refractivity contribution in [2.45, 2.75) is 0 Å². The third kappa shape index (κ3) is 2.15. The summed E-state index contributed by atoms with van der Waals surface area (Å²) in [4.78, 5) is 21.6. The van der Waals surface area contributed by atoms with Gasteiger partial charge in [0, 0.05) is 12.3 Å². The molecule has 2 heterocycles. The summed E-state index contributed by atoms with van der Waals surface area (Å²) in [6.07, 6.45) is 1.41. The molecule has 0 unspecified atom stereocenters. The van der Waals surface area contributed by atoms with Gasteiger partial charge in [0.05, 0.1) is 10.0 Å². The molecule has 2 rings (SSSR count). The van der Waals surface area contributed by atoms with E-state index in [1.807, 2.05) is 0 Å². The van der Waals surface area contributed by atoms with Gasteiger partial charge >= 0.3 is 0 Å². The highest BCUT2D eigenvalue weighted by atomic mass is 35.5. The molecule has 0 bridgehead atoms. The number of aromatic nitrogens is 3. The molecule has 2 aromatic heterocycles. The van der Waals surface area contributed by atoms with E-state index >= 15 is 0 Å². The quantitative estimate of drug-likeness (QED) is 0.814. The minimum absolute atomic E-state index is 0.103. The van der Waals surface area contributed by atoms with Gasteiger partial charge in [-0.1, -0.05) is 23.2 Å². The van der Waals surface area contributed by atoms with Crippen molar-refractivity contribution in [1.29, 1.82) is 0 Å². The average molecular weight is 257 g/mol. The van der Waals surface area contributed by atoms with Crippen LogP contribution in [0.15, 0.2) is 23.1 Å². The van der Waals surface area contributed by atoms with Crippen LogP contribution >= 0.6 is 23.2 Å². The molecular weight excluding hydrogens is 251 g/mol. The van der Waals surface area contributed by atoms with Crippen molar-refractivity contribution in [1.82, 2.24) is 15.0 Å². The molecule has 0 aliphatic carbocycles. The van der Waals surface area contributed by atoms with Crippen LogP contribution in [-0.2, 0) is 0 Å². The Kier molecular flexibility index (Phi) is 2.80. The smallest absolute Gasteiger partial charge is 0.253 e. The number of halogens is 2. The van der Waals surface area contributed by atoms with E-state index in [-0.39, 0.29) is 17.2 Å². The average Bonchev–Trinajstić information content (AvgIpc) is 2.15. The Labute approximate surface area is 100 Å². The van der Waals surface area contributed by atoms with E-state index in [4.69, 9.17) is 28.9 Å². The van der Waals surface area contributed by atoms with Crippen LogP contribution in [0.1, 0.15) is 0 Å². The Morgan fingerprint density at radius 2 is 2.06 bits per heavy atom. The highest BCUT2D eigenvalue weighted by Gasteiger charge is 2.09. The molecule has 0 aromatic carbocycles. The van der Waals surface area contributed by atoms with Crippen LogP contribution in [0, 0.1) is 0 Å². The summed E-state index contributed by atoms with van der Waals surface area (Å²) in [6.45, 7) is 0. The molecule has 0 atom stereocenters. The zero-order valence-corrected chi connectivity index (χ0v) is 9.38. The van der Waals surface area contributed by atoms with Gasteiger partial charge in [-0.2, -0.15) is 0 Å². The highest BCUT2D eigenvalue weighted by molar-refractivity contribution is 6.35. The molecule has 0 amide bonds. The van der Waals surface area contributed by atoms with E-state index in [1.54, 1.807) is 0 Å². The molecular formula is C9H6Cl2N4O. The molecule has 2 aromatic rings. The number of nitrogens with one attached hydrogen (secondary N) is 1. The molecule has 0 fully saturated rings. The predicted molar refractivity (Wildman–Crippen MR) is 62.5 cm³/mol. The molecule has 0 spiro atoms. The van der Waals surface area contributed by atoms with Gasteiger partial charge in [-0.25, -0.2) is 9.97 Å². The number of nitrogens with zero attached hydrogens (tertiary/aromatic N) is 2. The first-order valence-corrected chi connectivity index (χ1v) is 5.00. The Morgan fingerprint density at radius 3 is 2.69 bits per heavy atom. The standard InChI is InChI=1S/C9H6Cl2N4O/c10-4-1-5(11)8(13-3-4)9-14-6(12)2-7(16)15-9/h1-3H,(H3,12,14,15,16). The van der Waals surface area contributed by atoms with Crippen molar-refractivity contribution in [2.75, 3.05) is 5.73 Å². The summed E-state index contributed by atoms with van der Waals surface area (Å²) in [5.74, 6) is 0.318. The second-order valence-electron chi connectivity index (χ2n) is 3.00. The van der Waals surface area contributed by atoms with E-state index < -0.39 is 0 Å². The molecule has 3 N–H and O–H groups in total. The number of nitrogen functional groups attached to an aromatic ring is 1. The summed E-state index contributed by atoms with van der Waals surface area (Å²) in [6, 6.07) is 2.68. The first kappa shape index (κ1) is 10.9. The molecule has 16 heavy (non-hydrogen) atoms. The first-order valence-electron chi connectivity index (χ1n) is 4.24. The van der Waals surface area contributed by atoms with Gasteiger partial charge in [0.15, 0.2) is 5.82 Å². The molecule has 0 aliphatic rings. The minimum Gasteiger partial charge on any atom is -0.383 e. The van der Waals surface area contributed by atoms with Crippen LogP contribution in [0.5, 0.6) is 0 Å². The number of hydrogen-bond donors (Lipinski definition) is 2. The zero-order chi connectivity index (χ0) is 11.7. The fraction of sp³-hybridized carbons (Fsp3) is 0. The summed E-state index contributed by atoms with van der Waals surface area (Å²) < 4.78 is 0. The van der Waals surface area contributed by atoms with E-state index in [9.17, 15) is 4.79 Å². The number of aromatic amines is 1. The fourth-order valence-corrected chi connectivity index (χ4v) is 1.65. The second kappa shape index (κ2) is 4.11. The van der Waals surface area contributed by atoms with Gasteiger partial charge in [-0.15, -0.1) is 0 Å². The van der Waals surface area contributed by atoms with Crippen molar-refractivity contribution >= 4 is 29.0 Å². The topological polar surface area (TPSA) is 84.7 Å². The predicted octanol–water partition coefficient (Wildman–Crippen LogP) is 1.72. The Balaban J connectivity index is 2.63. The van der Waals surface area contributed by atoms with Crippen LogP contribution in [0.25, 0.3) is 11.5 Å². The summed E-state index contributed by atoms with van der Waals surface area (Å²) in [5, 5.41) is 0.696. The van der Waals surface area contributed by atoms with E-state index in [1.165, 1.54) is 18.3 Å². The highest BCUT2D eigenvalue weighted by Crippen LogP contribution is 2.24. The molecule has 0 radical (unpaired) electrons. The van der Waals surface area contributed by atoms with Crippen LogP contribution < -0.4 is 11.3 Å². The molecule has 0 aliphatic heterocycles. The van der Waals surface area contributed by atoms with Gasteiger partial charge in [-0.3, -0.25) is 4.79 Å². The molecule has 82 valence electrons. The monoisotopic (exact) mass is 256 g/mol.